The molecule has 2 nitrogen and oxygen atoms in total. The molecule has 0 saturated heterocycles. The predicted octanol–water partition coefficient (Wildman–Crippen LogP) is 4.29. The normalized spacial score (nSPS) is 11.3. The van der Waals surface area contributed by atoms with Crippen molar-refractivity contribution in [3.8, 4) is 0 Å². The van der Waals surface area contributed by atoms with Crippen LogP contribution in [0.15, 0.2) is 0 Å². The Morgan fingerprint density at radius 2 is 1.05 bits per heavy atom. The van der Waals surface area contributed by atoms with E-state index in [1.54, 1.807) is 0 Å². The third-order valence-corrected chi connectivity index (χ3v) is 4.50. The van der Waals surface area contributed by atoms with Crippen LogP contribution in [-0.2, 0) is 19.3 Å². The van der Waals surface area contributed by atoms with Gasteiger partial charge in [-0.25, -0.2) is 0 Å². The molecule has 0 aliphatic rings. The number of hydrogen-bond donors (Lipinski definition) is 2. The first kappa shape index (κ1) is 14.0. The lowest BCUT2D eigenvalue weighted by atomic mass is 10.0. The second-order valence-electron chi connectivity index (χ2n) is 5.55. The quantitative estimate of drug-likeness (QED) is 0.820. The summed E-state index contributed by atoms with van der Waals surface area (Å²) in [6.45, 7) is 13.3. The van der Waals surface area contributed by atoms with Crippen molar-refractivity contribution in [3.05, 3.63) is 45.0 Å². The van der Waals surface area contributed by atoms with Crippen molar-refractivity contribution in [3.63, 3.8) is 0 Å². The molecule has 0 unspecified atom stereocenters. The zero-order chi connectivity index (χ0) is 14.2. The number of nitrogens with one attached hydrogen (secondary N) is 2. The molecule has 2 rings (SSSR count). The summed E-state index contributed by atoms with van der Waals surface area (Å²) in [6, 6.07) is 0. The van der Waals surface area contributed by atoms with Crippen molar-refractivity contribution < 1.29 is 0 Å². The Kier molecular flexibility index (Phi) is 3.88. The third-order valence-electron chi connectivity index (χ3n) is 4.50. The Bertz CT molecular complexity index is 533. The average molecular weight is 258 g/mol. The van der Waals surface area contributed by atoms with E-state index in [1.165, 1.54) is 45.0 Å². The largest absolute Gasteiger partial charge is 0.362 e. The molecular weight excluding hydrogens is 232 g/mol. The maximum atomic E-state index is 3.57. The van der Waals surface area contributed by atoms with Crippen molar-refractivity contribution in [1.29, 1.82) is 0 Å². The molecular formula is C17H26N2. The summed E-state index contributed by atoms with van der Waals surface area (Å²) in [5.41, 5.74) is 11.2. The lowest BCUT2D eigenvalue weighted by molar-refractivity contribution is 0.960. The number of rotatable bonds is 4. The minimum absolute atomic E-state index is 0.996. The fourth-order valence-corrected chi connectivity index (χ4v) is 3.13. The second kappa shape index (κ2) is 5.28. The summed E-state index contributed by atoms with van der Waals surface area (Å²) in [7, 11) is 0. The molecule has 104 valence electrons. The van der Waals surface area contributed by atoms with Gasteiger partial charge in [0, 0.05) is 29.2 Å². The van der Waals surface area contributed by atoms with E-state index in [1.807, 2.05) is 0 Å². The molecule has 0 amide bonds. The first-order valence-corrected chi connectivity index (χ1v) is 7.33. The summed E-state index contributed by atoms with van der Waals surface area (Å²) in [5, 5.41) is 0. The standard InChI is InChI=1S/C17H26N2/c1-7-14-10(3)12(5)18-16(14)9-17-15(8-2)11(4)13(6)19-17/h18-19H,7-9H2,1-6H3. The monoisotopic (exact) mass is 258 g/mol. The number of aromatic amines is 2. The van der Waals surface area contributed by atoms with E-state index in [0.717, 1.165) is 19.3 Å². The van der Waals surface area contributed by atoms with Gasteiger partial charge in [-0.15, -0.1) is 0 Å². The van der Waals surface area contributed by atoms with Crippen LogP contribution in [-0.4, -0.2) is 9.97 Å². The summed E-state index contributed by atoms with van der Waals surface area (Å²) < 4.78 is 0. The minimum atomic E-state index is 0.996. The zero-order valence-electron chi connectivity index (χ0n) is 13.1. The smallest absolute Gasteiger partial charge is 0.0284 e. The highest BCUT2D eigenvalue weighted by Gasteiger charge is 2.15. The Hall–Kier alpha value is -1.44. The van der Waals surface area contributed by atoms with Crippen LogP contribution in [0.4, 0.5) is 0 Å². The SMILES string of the molecule is CCc1c(Cc2[nH]c(C)c(C)c2CC)[nH]c(C)c1C. The average Bonchev–Trinajstić information content (AvgIpc) is 2.79. The number of hydrogen-bond acceptors (Lipinski definition) is 0. The van der Waals surface area contributed by atoms with Gasteiger partial charge in [-0.3, -0.25) is 0 Å². The second-order valence-corrected chi connectivity index (χ2v) is 5.55. The van der Waals surface area contributed by atoms with Crippen molar-refractivity contribution in [1.82, 2.24) is 9.97 Å². The Balaban J connectivity index is 2.41. The van der Waals surface area contributed by atoms with Crippen LogP contribution in [0.2, 0.25) is 0 Å². The zero-order valence-corrected chi connectivity index (χ0v) is 13.1. The molecule has 0 aliphatic heterocycles. The van der Waals surface area contributed by atoms with E-state index in [9.17, 15) is 0 Å². The lowest BCUT2D eigenvalue weighted by Crippen LogP contribution is -1.97. The van der Waals surface area contributed by atoms with E-state index in [2.05, 4.69) is 51.5 Å². The van der Waals surface area contributed by atoms with Gasteiger partial charge >= 0.3 is 0 Å². The molecule has 0 bridgehead atoms. The van der Waals surface area contributed by atoms with Crippen molar-refractivity contribution in [2.45, 2.75) is 60.8 Å². The van der Waals surface area contributed by atoms with E-state index in [0.29, 0.717) is 0 Å². The van der Waals surface area contributed by atoms with Gasteiger partial charge in [0.2, 0.25) is 0 Å². The fourth-order valence-electron chi connectivity index (χ4n) is 3.13. The van der Waals surface area contributed by atoms with E-state index in [-0.39, 0.29) is 0 Å². The Morgan fingerprint density at radius 3 is 1.37 bits per heavy atom. The van der Waals surface area contributed by atoms with Crippen LogP contribution in [0.3, 0.4) is 0 Å². The van der Waals surface area contributed by atoms with E-state index in [4.69, 9.17) is 0 Å². The highest BCUT2D eigenvalue weighted by atomic mass is 14.8. The molecule has 0 spiro atoms. The Labute approximate surface area is 116 Å². The van der Waals surface area contributed by atoms with Gasteiger partial charge in [0.15, 0.2) is 0 Å². The molecule has 0 atom stereocenters. The predicted molar refractivity (Wildman–Crippen MR) is 82.1 cm³/mol. The van der Waals surface area contributed by atoms with Crippen molar-refractivity contribution in [2.75, 3.05) is 0 Å². The summed E-state index contributed by atoms with van der Waals surface area (Å²) in [6.07, 6.45) is 3.20. The highest BCUT2D eigenvalue weighted by molar-refractivity contribution is 5.41. The van der Waals surface area contributed by atoms with Crippen LogP contribution >= 0.6 is 0 Å². The van der Waals surface area contributed by atoms with Crippen LogP contribution in [0, 0.1) is 27.7 Å². The van der Waals surface area contributed by atoms with Crippen molar-refractivity contribution in [2.24, 2.45) is 0 Å². The lowest BCUT2D eigenvalue weighted by Gasteiger charge is -2.05. The fraction of sp³-hybridized carbons (Fsp3) is 0.529. The minimum Gasteiger partial charge on any atom is -0.362 e. The molecule has 0 fully saturated rings. The van der Waals surface area contributed by atoms with Gasteiger partial charge in [0.25, 0.3) is 0 Å². The van der Waals surface area contributed by atoms with Crippen LogP contribution in [0.1, 0.15) is 58.9 Å². The van der Waals surface area contributed by atoms with Gasteiger partial charge in [0.05, 0.1) is 0 Å². The van der Waals surface area contributed by atoms with E-state index >= 15 is 0 Å². The highest BCUT2D eigenvalue weighted by Crippen LogP contribution is 2.25. The molecule has 2 aromatic rings. The van der Waals surface area contributed by atoms with Gasteiger partial charge in [-0.05, 0) is 62.8 Å². The van der Waals surface area contributed by atoms with Gasteiger partial charge < -0.3 is 9.97 Å². The summed E-state index contributed by atoms with van der Waals surface area (Å²) in [4.78, 5) is 7.14. The third kappa shape index (κ3) is 2.36. The maximum absolute atomic E-state index is 3.57. The molecule has 0 aromatic carbocycles. The molecule has 2 N–H and O–H groups in total. The van der Waals surface area contributed by atoms with Crippen LogP contribution in [0.5, 0.6) is 0 Å². The number of aromatic nitrogens is 2. The first-order valence-electron chi connectivity index (χ1n) is 7.33. The molecule has 2 heterocycles. The van der Waals surface area contributed by atoms with Crippen LogP contribution in [0.25, 0.3) is 0 Å². The van der Waals surface area contributed by atoms with Crippen LogP contribution < -0.4 is 0 Å². The van der Waals surface area contributed by atoms with Gasteiger partial charge in [-0.1, -0.05) is 13.8 Å². The molecule has 2 heteroatoms. The molecule has 19 heavy (non-hydrogen) atoms. The van der Waals surface area contributed by atoms with Crippen molar-refractivity contribution >= 4 is 0 Å². The van der Waals surface area contributed by atoms with Gasteiger partial charge in [-0.2, -0.15) is 0 Å². The van der Waals surface area contributed by atoms with E-state index < -0.39 is 0 Å². The molecule has 0 saturated carbocycles. The molecule has 2 aromatic heterocycles. The topological polar surface area (TPSA) is 31.6 Å². The summed E-state index contributed by atoms with van der Waals surface area (Å²) >= 11 is 0. The Morgan fingerprint density at radius 1 is 0.684 bits per heavy atom. The first-order chi connectivity index (χ1) is 8.99. The number of aryl methyl sites for hydroxylation is 2. The molecule has 0 aliphatic carbocycles. The summed E-state index contributed by atoms with van der Waals surface area (Å²) in [5.74, 6) is 0. The maximum Gasteiger partial charge on any atom is 0.0284 e. The number of H-pyrrole nitrogens is 2. The van der Waals surface area contributed by atoms with Gasteiger partial charge in [0.1, 0.15) is 0 Å². The molecule has 0 radical (unpaired) electrons.